The van der Waals surface area contributed by atoms with Gasteiger partial charge in [-0.1, -0.05) is 18.2 Å². The van der Waals surface area contributed by atoms with Crippen LogP contribution in [0.15, 0.2) is 42.5 Å². The second-order valence-corrected chi connectivity index (χ2v) is 6.36. The molecule has 0 aromatic heterocycles. The predicted octanol–water partition coefficient (Wildman–Crippen LogP) is 2.94. The summed E-state index contributed by atoms with van der Waals surface area (Å²) in [4.78, 5) is 26.3. The molecule has 2 aromatic rings. The van der Waals surface area contributed by atoms with Gasteiger partial charge in [0.1, 0.15) is 0 Å². The summed E-state index contributed by atoms with van der Waals surface area (Å²) < 4.78 is 10.5. The maximum atomic E-state index is 12.4. The van der Waals surface area contributed by atoms with Crippen molar-refractivity contribution in [3.8, 4) is 11.5 Å². The normalized spacial score (nSPS) is 16.2. The molecule has 0 saturated carbocycles. The van der Waals surface area contributed by atoms with E-state index < -0.39 is 0 Å². The zero-order chi connectivity index (χ0) is 19.4. The molecule has 7 heteroatoms. The molecule has 1 aliphatic rings. The molecule has 7 nitrogen and oxygen atoms in total. The molecule has 1 fully saturated rings. The van der Waals surface area contributed by atoms with Crippen LogP contribution in [0.5, 0.6) is 11.5 Å². The van der Waals surface area contributed by atoms with E-state index in [2.05, 4.69) is 10.6 Å². The Morgan fingerprint density at radius 2 is 1.85 bits per heavy atom. The van der Waals surface area contributed by atoms with E-state index in [-0.39, 0.29) is 24.4 Å². The smallest absolute Gasteiger partial charge is 0.319 e. The number of rotatable bonds is 5. The summed E-state index contributed by atoms with van der Waals surface area (Å²) >= 11 is 0. The lowest BCUT2D eigenvalue weighted by molar-refractivity contribution is -0.117. The van der Waals surface area contributed by atoms with Crippen molar-refractivity contribution in [2.45, 2.75) is 19.4 Å². The third kappa shape index (κ3) is 4.13. The van der Waals surface area contributed by atoms with Crippen LogP contribution in [0, 0.1) is 6.92 Å². The summed E-state index contributed by atoms with van der Waals surface area (Å²) in [5.74, 6) is 1.10. The maximum Gasteiger partial charge on any atom is 0.319 e. The number of urea groups is 1. The van der Waals surface area contributed by atoms with Gasteiger partial charge in [0.05, 0.1) is 20.3 Å². The van der Waals surface area contributed by atoms with Crippen LogP contribution in [-0.4, -0.2) is 38.7 Å². The van der Waals surface area contributed by atoms with Crippen LogP contribution in [-0.2, 0) is 4.79 Å². The number of benzene rings is 2. The van der Waals surface area contributed by atoms with Crippen LogP contribution in [0.25, 0.3) is 0 Å². The topological polar surface area (TPSA) is 79.9 Å². The van der Waals surface area contributed by atoms with Gasteiger partial charge in [0.2, 0.25) is 5.91 Å². The van der Waals surface area contributed by atoms with E-state index in [1.54, 1.807) is 37.3 Å². The quantitative estimate of drug-likeness (QED) is 0.849. The fourth-order valence-electron chi connectivity index (χ4n) is 3.10. The minimum absolute atomic E-state index is 0.0524. The minimum atomic E-state index is -0.323. The molecule has 27 heavy (non-hydrogen) atoms. The first-order chi connectivity index (χ1) is 13.0. The van der Waals surface area contributed by atoms with E-state index in [0.717, 1.165) is 11.3 Å². The molecule has 3 rings (SSSR count). The van der Waals surface area contributed by atoms with E-state index in [1.807, 2.05) is 31.2 Å². The Bertz CT molecular complexity index is 853. The van der Waals surface area contributed by atoms with Crippen molar-refractivity contribution in [1.29, 1.82) is 0 Å². The Kier molecular flexibility index (Phi) is 5.49. The second kappa shape index (κ2) is 7.99. The van der Waals surface area contributed by atoms with Crippen LogP contribution < -0.4 is 25.0 Å². The first kappa shape index (κ1) is 18.6. The van der Waals surface area contributed by atoms with Crippen molar-refractivity contribution in [2.75, 3.05) is 31.0 Å². The van der Waals surface area contributed by atoms with Gasteiger partial charge in [-0.2, -0.15) is 0 Å². The molecule has 3 amide bonds. The van der Waals surface area contributed by atoms with Crippen LogP contribution >= 0.6 is 0 Å². The highest BCUT2D eigenvalue weighted by Gasteiger charge is 2.32. The summed E-state index contributed by atoms with van der Waals surface area (Å²) in [6, 6.07) is 12.3. The molecule has 0 spiro atoms. The van der Waals surface area contributed by atoms with Crippen LogP contribution in [0.2, 0.25) is 0 Å². The van der Waals surface area contributed by atoms with Crippen LogP contribution in [0.1, 0.15) is 12.0 Å². The molecule has 1 aliphatic heterocycles. The largest absolute Gasteiger partial charge is 0.493 e. The van der Waals surface area contributed by atoms with Crippen molar-refractivity contribution in [2.24, 2.45) is 0 Å². The van der Waals surface area contributed by atoms with Gasteiger partial charge in [0.15, 0.2) is 11.5 Å². The lowest BCUT2D eigenvalue weighted by atomic mass is 10.2. The van der Waals surface area contributed by atoms with Crippen molar-refractivity contribution in [3.63, 3.8) is 0 Å². The number of amides is 3. The predicted molar refractivity (Wildman–Crippen MR) is 104 cm³/mol. The number of carbonyl (C=O) groups excluding carboxylic acids is 2. The summed E-state index contributed by atoms with van der Waals surface area (Å²) in [7, 11) is 3.11. The number of para-hydroxylation sites is 1. The molecule has 0 unspecified atom stereocenters. The molecule has 1 heterocycles. The number of nitrogens with zero attached hydrogens (tertiary/aromatic N) is 1. The van der Waals surface area contributed by atoms with Crippen LogP contribution in [0.3, 0.4) is 0 Å². The van der Waals surface area contributed by atoms with Crippen LogP contribution in [0.4, 0.5) is 16.2 Å². The molecule has 0 aliphatic carbocycles. The summed E-state index contributed by atoms with van der Waals surface area (Å²) in [6.45, 7) is 2.32. The number of anilines is 2. The molecule has 142 valence electrons. The number of carbonyl (C=O) groups is 2. The molecule has 0 bridgehead atoms. The summed E-state index contributed by atoms with van der Waals surface area (Å²) in [6.07, 6.45) is 0.246. The Morgan fingerprint density at radius 1 is 1.11 bits per heavy atom. The molecule has 2 N–H and O–H groups in total. The Hall–Kier alpha value is -3.22. The third-order valence-corrected chi connectivity index (χ3v) is 4.53. The number of hydrogen-bond acceptors (Lipinski definition) is 4. The lowest BCUT2D eigenvalue weighted by Gasteiger charge is -2.19. The van der Waals surface area contributed by atoms with Gasteiger partial charge < -0.3 is 25.0 Å². The molecular formula is C20H23N3O4. The summed E-state index contributed by atoms with van der Waals surface area (Å²) in [5, 5.41) is 5.69. The second-order valence-electron chi connectivity index (χ2n) is 6.36. The number of nitrogens with one attached hydrogen (secondary N) is 2. The van der Waals surface area contributed by atoms with Gasteiger partial charge in [0.25, 0.3) is 0 Å². The molecule has 0 radical (unpaired) electrons. The number of ether oxygens (including phenoxy) is 2. The van der Waals surface area contributed by atoms with Gasteiger partial charge in [-0.15, -0.1) is 0 Å². The zero-order valence-corrected chi connectivity index (χ0v) is 15.6. The number of methoxy groups -OCH3 is 2. The van der Waals surface area contributed by atoms with E-state index in [4.69, 9.17) is 9.47 Å². The molecule has 1 atom stereocenters. The van der Waals surface area contributed by atoms with E-state index in [1.165, 1.54) is 0 Å². The molecule has 1 saturated heterocycles. The summed E-state index contributed by atoms with van der Waals surface area (Å²) in [5.41, 5.74) is 2.43. The highest BCUT2D eigenvalue weighted by Crippen LogP contribution is 2.33. The Balaban J connectivity index is 1.65. The maximum absolute atomic E-state index is 12.4. The fraction of sp³-hybridized carbons (Fsp3) is 0.300. The highest BCUT2D eigenvalue weighted by atomic mass is 16.5. The average Bonchev–Trinajstić information content (AvgIpc) is 3.03. The van der Waals surface area contributed by atoms with Gasteiger partial charge in [-0.05, 0) is 30.7 Å². The molecule has 2 aromatic carbocycles. The van der Waals surface area contributed by atoms with Gasteiger partial charge >= 0.3 is 6.03 Å². The van der Waals surface area contributed by atoms with Crippen molar-refractivity contribution in [1.82, 2.24) is 5.32 Å². The first-order valence-corrected chi connectivity index (χ1v) is 8.67. The SMILES string of the molecule is COc1ccc(N2C[C@@H](NC(=O)Nc3ccccc3C)CC2=O)cc1OC. The number of hydrogen-bond donors (Lipinski definition) is 2. The van der Waals surface area contributed by atoms with Crippen molar-refractivity contribution in [3.05, 3.63) is 48.0 Å². The Labute approximate surface area is 158 Å². The highest BCUT2D eigenvalue weighted by molar-refractivity contribution is 5.98. The number of aryl methyl sites for hydroxylation is 1. The Morgan fingerprint density at radius 3 is 2.56 bits per heavy atom. The monoisotopic (exact) mass is 369 g/mol. The third-order valence-electron chi connectivity index (χ3n) is 4.53. The first-order valence-electron chi connectivity index (χ1n) is 8.67. The van der Waals surface area contributed by atoms with E-state index in [0.29, 0.717) is 23.7 Å². The lowest BCUT2D eigenvalue weighted by Crippen LogP contribution is -2.39. The molecular weight excluding hydrogens is 346 g/mol. The van der Waals surface area contributed by atoms with Crippen molar-refractivity contribution >= 4 is 23.3 Å². The standard InChI is InChI=1S/C20H23N3O4/c1-13-6-4-5-7-16(13)22-20(25)21-14-10-19(24)23(12-14)15-8-9-17(26-2)18(11-15)27-3/h4-9,11,14H,10,12H2,1-3H3,(H2,21,22,25)/t14-/m0/s1. The van der Waals surface area contributed by atoms with Crippen molar-refractivity contribution < 1.29 is 19.1 Å². The fourth-order valence-corrected chi connectivity index (χ4v) is 3.10. The van der Waals surface area contributed by atoms with Gasteiger partial charge in [0, 0.05) is 30.4 Å². The van der Waals surface area contributed by atoms with Gasteiger partial charge in [-0.3, -0.25) is 4.79 Å². The zero-order valence-electron chi connectivity index (χ0n) is 15.6. The van der Waals surface area contributed by atoms with Gasteiger partial charge in [-0.25, -0.2) is 4.79 Å². The average molecular weight is 369 g/mol. The van der Waals surface area contributed by atoms with E-state index in [9.17, 15) is 9.59 Å². The minimum Gasteiger partial charge on any atom is -0.493 e. The van der Waals surface area contributed by atoms with E-state index >= 15 is 0 Å².